The number of aromatic nitrogens is 2. The molecule has 2 saturated heterocycles. The first kappa shape index (κ1) is 24.5. The van der Waals surface area contributed by atoms with Crippen LogP contribution < -0.4 is 0 Å². The highest BCUT2D eigenvalue weighted by Gasteiger charge is 2.23. The highest BCUT2D eigenvalue weighted by Crippen LogP contribution is 2.30. The minimum Gasteiger partial charge on any atom is -0.299 e. The van der Waals surface area contributed by atoms with Crippen molar-refractivity contribution in [3.8, 4) is 23.7 Å². The van der Waals surface area contributed by atoms with E-state index >= 15 is 0 Å². The van der Waals surface area contributed by atoms with Crippen LogP contribution >= 0.6 is 0 Å². The standard InChI is InChI=1S/C30H38N4/c1-33-17-11-15-29(33)27-19-25(21-31-23-27)13-9-7-5-3-4-6-8-10-14-26-20-28(24-32-22-26)30-16-12-18-34(30)2/h19-24,29-30H,3-8,11-12,15-18H2,1-2H3/t29-,30-/m0/s1. The van der Waals surface area contributed by atoms with E-state index in [4.69, 9.17) is 0 Å². The predicted octanol–water partition coefficient (Wildman–Crippen LogP) is 5.75. The molecule has 2 aliphatic heterocycles. The Kier molecular flexibility index (Phi) is 9.14. The van der Waals surface area contributed by atoms with Gasteiger partial charge in [-0.3, -0.25) is 19.8 Å². The number of nitrogens with zero attached hydrogens (tertiary/aromatic N) is 4. The lowest BCUT2D eigenvalue weighted by Gasteiger charge is -2.19. The van der Waals surface area contributed by atoms with Gasteiger partial charge in [0.05, 0.1) is 0 Å². The van der Waals surface area contributed by atoms with Gasteiger partial charge in [-0.1, -0.05) is 36.5 Å². The molecular formula is C30H38N4. The SMILES string of the molecule is CN1CCC[C@H]1c1cncc(C#CCCCCCCC#Cc2cncc([C@@H]3CCCN3C)c2)c1. The molecule has 0 bridgehead atoms. The molecule has 4 heteroatoms. The summed E-state index contributed by atoms with van der Waals surface area (Å²) >= 11 is 0. The maximum Gasteiger partial charge on any atom is 0.0432 e. The Bertz CT molecular complexity index is 969. The first-order valence-electron chi connectivity index (χ1n) is 13.0. The van der Waals surface area contributed by atoms with Crippen LogP contribution in [-0.2, 0) is 0 Å². The molecule has 0 radical (unpaired) electrons. The highest BCUT2D eigenvalue weighted by atomic mass is 15.1. The van der Waals surface area contributed by atoms with Crippen LogP contribution in [0.4, 0.5) is 0 Å². The summed E-state index contributed by atoms with van der Waals surface area (Å²) in [6, 6.07) is 5.46. The Morgan fingerprint density at radius 2 is 1.18 bits per heavy atom. The van der Waals surface area contributed by atoms with Crippen molar-refractivity contribution in [3.63, 3.8) is 0 Å². The van der Waals surface area contributed by atoms with Gasteiger partial charge >= 0.3 is 0 Å². The van der Waals surface area contributed by atoms with Crippen molar-refractivity contribution in [1.82, 2.24) is 19.8 Å². The third-order valence-corrected chi connectivity index (χ3v) is 7.15. The lowest BCUT2D eigenvalue weighted by molar-refractivity contribution is 0.317. The second-order valence-electron chi connectivity index (χ2n) is 9.81. The zero-order chi connectivity index (χ0) is 23.6. The van der Waals surface area contributed by atoms with E-state index in [0.29, 0.717) is 12.1 Å². The molecule has 4 nitrogen and oxygen atoms in total. The van der Waals surface area contributed by atoms with Gasteiger partial charge in [-0.2, -0.15) is 0 Å². The van der Waals surface area contributed by atoms with Gasteiger partial charge in [0.25, 0.3) is 0 Å². The topological polar surface area (TPSA) is 32.3 Å². The lowest BCUT2D eigenvalue weighted by Crippen LogP contribution is -2.17. The molecule has 2 fully saturated rings. The monoisotopic (exact) mass is 454 g/mol. The molecular weight excluding hydrogens is 416 g/mol. The number of likely N-dealkylation sites (tertiary alicyclic amines) is 2. The van der Waals surface area contributed by atoms with E-state index < -0.39 is 0 Å². The van der Waals surface area contributed by atoms with Crippen LogP contribution in [0.25, 0.3) is 0 Å². The summed E-state index contributed by atoms with van der Waals surface area (Å²) in [4.78, 5) is 13.7. The number of pyridine rings is 2. The van der Waals surface area contributed by atoms with Crippen LogP contribution in [0.2, 0.25) is 0 Å². The van der Waals surface area contributed by atoms with Gasteiger partial charge in [-0.25, -0.2) is 0 Å². The predicted molar refractivity (Wildman–Crippen MR) is 139 cm³/mol. The van der Waals surface area contributed by atoms with Crippen molar-refractivity contribution in [1.29, 1.82) is 0 Å². The molecule has 0 aliphatic carbocycles. The Balaban J connectivity index is 1.13. The number of hydrogen-bond donors (Lipinski definition) is 0. The molecule has 4 heterocycles. The molecule has 0 spiro atoms. The van der Waals surface area contributed by atoms with E-state index in [1.165, 1.54) is 62.7 Å². The second-order valence-corrected chi connectivity index (χ2v) is 9.81. The molecule has 0 aromatic carbocycles. The fraction of sp³-hybridized carbons (Fsp3) is 0.533. The molecule has 2 aliphatic rings. The summed E-state index contributed by atoms with van der Waals surface area (Å²) in [6.07, 6.45) is 19.4. The minimum atomic E-state index is 0.506. The average molecular weight is 455 g/mol. The smallest absolute Gasteiger partial charge is 0.0432 e. The summed E-state index contributed by atoms with van der Waals surface area (Å²) in [6.45, 7) is 2.35. The zero-order valence-corrected chi connectivity index (χ0v) is 20.9. The molecule has 4 rings (SSSR count). The third kappa shape index (κ3) is 6.92. The summed E-state index contributed by atoms with van der Waals surface area (Å²) in [5.74, 6) is 13.3. The van der Waals surface area contributed by atoms with E-state index in [2.05, 4.69) is 69.7 Å². The number of rotatable bonds is 7. The van der Waals surface area contributed by atoms with Crippen LogP contribution in [0.3, 0.4) is 0 Å². The molecule has 2 aromatic heterocycles. The zero-order valence-electron chi connectivity index (χ0n) is 20.9. The van der Waals surface area contributed by atoms with Crippen molar-refractivity contribution >= 4 is 0 Å². The molecule has 2 aromatic rings. The van der Waals surface area contributed by atoms with Crippen molar-refractivity contribution in [3.05, 3.63) is 59.2 Å². The van der Waals surface area contributed by atoms with Crippen LogP contribution in [0, 0.1) is 23.7 Å². The van der Waals surface area contributed by atoms with Crippen LogP contribution in [-0.4, -0.2) is 47.0 Å². The molecule has 178 valence electrons. The first-order chi connectivity index (χ1) is 16.7. The van der Waals surface area contributed by atoms with Gasteiger partial charge < -0.3 is 0 Å². The average Bonchev–Trinajstić information content (AvgIpc) is 3.48. The van der Waals surface area contributed by atoms with Gasteiger partial charge in [0.15, 0.2) is 0 Å². The summed E-state index contributed by atoms with van der Waals surface area (Å²) in [5, 5.41) is 0. The molecule has 0 unspecified atom stereocenters. The van der Waals surface area contributed by atoms with Crippen LogP contribution in [0.5, 0.6) is 0 Å². The molecule has 0 amide bonds. The molecule has 0 N–H and O–H groups in total. The summed E-state index contributed by atoms with van der Waals surface area (Å²) in [7, 11) is 4.40. The molecule has 0 saturated carbocycles. The van der Waals surface area contributed by atoms with Gasteiger partial charge in [-0.15, -0.1) is 0 Å². The maximum atomic E-state index is 4.42. The van der Waals surface area contributed by atoms with E-state index in [1.807, 2.05) is 24.8 Å². The Morgan fingerprint density at radius 1 is 0.706 bits per heavy atom. The van der Waals surface area contributed by atoms with Crippen molar-refractivity contribution in [2.24, 2.45) is 0 Å². The largest absolute Gasteiger partial charge is 0.299 e. The van der Waals surface area contributed by atoms with Gasteiger partial charge in [0, 0.05) is 60.8 Å². The second kappa shape index (κ2) is 12.7. The fourth-order valence-electron chi connectivity index (χ4n) is 5.19. The van der Waals surface area contributed by atoms with Gasteiger partial charge in [-0.05, 0) is 89.0 Å². The number of hydrogen-bond acceptors (Lipinski definition) is 4. The van der Waals surface area contributed by atoms with Crippen molar-refractivity contribution < 1.29 is 0 Å². The minimum absolute atomic E-state index is 0.506. The third-order valence-electron chi connectivity index (χ3n) is 7.15. The van der Waals surface area contributed by atoms with E-state index in [-0.39, 0.29) is 0 Å². The Labute approximate surface area is 206 Å². The Morgan fingerprint density at radius 3 is 1.59 bits per heavy atom. The van der Waals surface area contributed by atoms with E-state index in [9.17, 15) is 0 Å². The van der Waals surface area contributed by atoms with E-state index in [0.717, 1.165) is 36.8 Å². The lowest BCUT2D eigenvalue weighted by atomic mass is 10.0. The van der Waals surface area contributed by atoms with Gasteiger partial charge in [0.1, 0.15) is 0 Å². The quantitative estimate of drug-likeness (QED) is 0.394. The van der Waals surface area contributed by atoms with Crippen molar-refractivity contribution in [2.45, 2.75) is 76.3 Å². The van der Waals surface area contributed by atoms with Crippen molar-refractivity contribution in [2.75, 3.05) is 27.2 Å². The molecule has 34 heavy (non-hydrogen) atoms. The number of unbranched alkanes of at least 4 members (excludes halogenated alkanes) is 5. The first-order valence-corrected chi connectivity index (χ1v) is 13.0. The molecule has 2 atom stereocenters. The summed E-state index contributed by atoms with van der Waals surface area (Å²) in [5.41, 5.74) is 4.71. The highest BCUT2D eigenvalue weighted by molar-refractivity contribution is 5.36. The maximum absolute atomic E-state index is 4.42. The Hall–Kier alpha value is -2.66. The van der Waals surface area contributed by atoms with Crippen LogP contribution in [0.1, 0.15) is 98.5 Å². The fourth-order valence-corrected chi connectivity index (χ4v) is 5.19. The van der Waals surface area contributed by atoms with Gasteiger partial charge in [0.2, 0.25) is 0 Å². The summed E-state index contributed by atoms with van der Waals surface area (Å²) < 4.78 is 0. The normalized spacial score (nSPS) is 20.5. The van der Waals surface area contributed by atoms with E-state index in [1.54, 1.807) is 0 Å². The van der Waals surface area contributed by atoms with Crippen LogP contribution in [0.15, 0.2) is 36.9 Å².